The van der Waals surface area contributed by atoms with Crippen molar-refractivity contribution in [3.8, 4) is 0 Å². The van der Waals surface area contributed by atoms with Crippen molar-refractivity contribution in [1.82, 2.24) is 0 Å². The number of carbonyl (C=O) groups excluding carboxylic acids is 3. The van der Waals surface area contributed by atoms with Gasteiger partial charge in [-0.1, -0.05) is 300 Å². The van der Waals surface area contributed by atoms with Gasteiger partial charge in [0, 0.05) is 19.3 Å². The number of unbranched alkanes of at least 4 members (excludes halogenated alkanes) is 36. The summed E-state index contributed by atoms with van der Waals surface area (Å²) < 4.78 is 16.8. The van der Waals surface area contributed by atoms with Gasteiger partial charge in [-0.05, 0) is 64.2 Å². The molecule has 72 heavy (non-hydrogen) atoms. The Balaban J connectivity index is 4.10. The monoisotopic (exact) mass is 1010 g/mol. The molecule has 0 rings (SSSR count). The van der Waals surface area contributed by atoms with Gasteiger partial charge >= 0.3 is 17.9 Å². The lowest BCUT2D eigenvalue weighted by molar-refractivity contribution is -0.167. The van der Waals surface area contributed by atoms with Gasteiger partial charge in [-0.3, -0.25) is 14.4 Å². The summed E-state index contributed by atoms with van der Waals surface area (Å²) in [6.45, 7) is 6.49. The van der Waals surface area contributed by atoms with Gasteiger partial charge < -0.3 is 14.2 Å². The van der Waals surface area contributed by atoms with E-state index < -0.39 is 6.10 Å². The molecule has 0 saturated heterocycles. The third kappa shape index (κ3) is 58.0. The van der Waals surface area contributed by atoms with Crippen LogP contribution in [-0.4, -0.2) is 37.2 Å². The van der Waals surface area contributed by atoms with Gasteiger partial charge in [0.2, 0.25) is 0 Å². The molecule has 6 heteroatoms. The summed E-state index contributed by atoms with van der Waals surface area (Å²) in [5.74, 6) is -0.910. The van der Waals surface area contributed by atoms with Crippen molar-refractivity contribution in [2.75, 3.05) is 13.2 Å². The molecule has 0 saturated carbocycles. The van der Waals surface area contributed by atoms with Crippen molar-refractivity contribution in [3.63, 3.8) is 0 Å². The van der Waals surface area contributed by atoms with Crippen LogP contribution in [0.1, 0.15) is 323 Å². The topological polar surface area (TPSA) is 78.9 Å². The highest BCUT2D eigenvalue weighted by atomic mass is 16.6. The predicted molar refractivity (Wildman–Crippen MR) is 312 cm³/mol. The summed E-state index contributed by atoms with van der Waals surface area (Å²) >= 11 is 0. The SMILES string of the molecule is CC/C=C\C/C=C\C/C=C\C/C=C\C/C=C\CCCCCC(=O)OC(COC(=O)CCCCCCCCC)COC(=O)CCCCCCCCCCCCCCCCCCCCCCCCCCCCCC. The first kappa shape index (κ1) is 69.1. The maximum Gasteiger partial charge on any atom is 0.306 e. The lowest BCUT2D eigenvalue weighted by atomic mass is 10.0. The van der Waals surface area contributed by atoms with E-state index in [0.29, 0.717) is 19.3 Å². The molecule has 0 aromatic rings. The first-order chi connectivity index (χ1) is 35.5. The van der Waals surface area contributed by atoms with Crippen molar-refractivity contribution in [2.24, 2.45) is 0 Å². The van der Waals surface area contributed by atoms with Crippen molar-refractivity contribution >= 4 is 17.9 Å². The lowest BCUT2D eigenvalue weighted by Gasteiger charge is -2.18. The van der Waals surface area contributed by atoms with Crippen LogP contribution < -0.4 is 0 Å². The number of allylic oxidation sites excluding steroid dienone is 10. The number of ether oxygens (including phenoxy) is 3. The lowest BCUT2D eigenvalue weighted by Crippen LogP contribution is -2.30. The summed E-state index contributed by atoms with van der Waals surface area (Å²) in [6.07, 6.45) is 77.0. The third-order valence-electron chi connectivity index (χ3n) is 13.8. The van der Waals surface area contributed by atoms with E-state index in [1.54, 1.807) is 0 Å². The second-order valence-electron chi connectivity index (χ2n) is 21.0. The maximum atomic E-state index is 12.8. The van der Waals surface area contributed by atoms with Gasteiger partial charge in [-0.25, -0.2) is 0 Å². The average Bonchev–Trinajstić information content (AvgIpc) is 3.38. The molecule has 0 fully saturated rings. The fraction of sp³-hybridized carbons (Fsp3) is 0.803. The second kappa shape index (κ2) is 60.7. The van der Waals surface area contributed by atoms with Crippen molar-refractivity contribution in [2.45, 2.75) is 329 Å². The highest BCUT2D eigenvalue weighted by molar-refractivity contribution is 5.71. The van der Waals surface area contributed by atoms with Crippen LogP contribution >= 0.6 is 0 Å². The Hall–Kier alpha value is -2.89. The van der Waals surface area contributed by atoms with E-state index in [1.165, 1.54) is 186 Å². The standard InChI is InChI=1S/C66H118O6/c1-4-7-10-13-16-18-20-22-24-26-28-29-30-31-32-33-34-35-36-38-39-41-43-45-47-50-53-56-59-65(68)71-62-63(61-70-64(67)58-55-52-49-15-12-9-6-3)72-66(69)60-57-54-51-48-46-44-42-40-37-27-25-23-21-19-17-14-11-8-5-2/h8,11,17,19,23,25,37,40,44,46,63H,4-7,9-10,12-16,18,20-22,24,26-36,38-39,41-43,45,47-62H2,1-3H3/b11-8-,19-17-,25-23-,40-37-,46-44-. The molecule has 0 aliphatic heterocycles. The minimum absolute atomic E-state index is 0.0844. The van der Waals surface area contributed by atoms with Crippen molar-refractivity contribution < 1.29 is 28.6 Å². The van der Waals surface area contributed by atoms with Crippen LogP contribution in [0.5, 0.6) is 0 Å². The van der Waals surface area contributed by atoms with E-state index in [-0.39, 0.29) is 31.1 Å². The molecule has 1 atom stereocenters. The number of esters is 3. The summed E-state index contributed by atoms with van der Waals surface area (Å²) in [6, 6.07) is 0. The Morgan fingerprint density at radius 2 is 0.542 bits per heavy atom. The van der Waals surface area contributed by atoms with E-state index in [2.05, 4.69) is 81.5 Å². The minimum Gasteiger partial charge on any atom is -0.462 e. The fourth-order valence-electron chi connectivity index (χ4n) is 9.12. The van der Waals surface area contributed by atoms with Gasteiger partial charge in [-0.15, -0.1) is 0 Å². The van der Waals surface area contributed by atoms with Crippen LogP contribution in [0, 0.1) is 0 Å². The molecule has 0 aromatic carbocycles. The zero-order valence-corrected chi connectivity index (χ0v) is 47.9. The highest BCUT2D eigenvalue weighted by Gasteiger charge is 2.19. The number of hydrogen-bond donors (Lipinski definition) is 0. The first-order valence-corrected chi connectivity index (χ1v) is 31.3. The van der Waals surface area contributed by atoms with Gasteiger partial charge in [0.05, 0.1) is 0 Å². The Morgan fingerprint density at radius 3 is 0.847 bits per heavy atom. The Kier molecular flexibility index (Phi) is 58.2. The van der Waals surface area contributed by atoms with Crippen LogP contribution in [-0.2, 0) is 28.6 Å². The van der Waals surface area contributed by atoms with Crippen LogP contribution in [0.25, 0.3) is 0 Å². The second-order valence-corrected chi connectivity index (χ2v) is 21.0. The number of rotatable bonds is 57. The molecule has 0 aromatic heterocycles. The molecule has 0 bridgehead atoms. The van der Waals surface area contributed by atoms with Gasteiger partial charge in [0.25, 0.3) is 0 Å². The van der Waals surface area contributed by atoms with Crippen molar-refractivity contribution in [1.29, 1.82) is 0 Å². The zero-order chi connectivity index (χ0) is 52.2. The maximum absolute atomic E-state index is 12.8. The molecule has 0 aliphatic carbocycles. The van der Waals surface area contributed by atoms with Crippen LogP contribution in [0.15, 0.2) is 60.8 Å². The Morgan fingerprint density at radius 1 is 0.292 bits per heavy atom. The molecule has 6 nitrogen and oxygen atoms in total. The fourth-order valence-corrected chi connectivity index (χ4v) is 9.12. The first-order valence-electron chi connectivity index (χ1n) is 31.3. The molecule has 1 unspecified atom stereocenters. The third-order valence-corrected chi connectivity index (χ3v) is 13.8. The number of carbonyl (C=O) groups is 3. The molecule has 418 valence electrons. The Bertz CT molecular complexity index is 1290. The van der Waals surface area contributed by atoms with Gasteiger partial charge in [-0.2, -0.15) is 0 Å². The normalized spacial score (nSPS) is 12.4. The summed E-state index contributed by atoms with van der Waals surface area (Å²) in [5.41, 5.74) is 0. The van der Waals surface area contributed by atoms with Gasteiger partial charge in [0.1, 0.15) is 13.2 Å². The van der Waals surface area contributed by atoms with Crippen LogP contribution in [0.4, 0.5) is 0 Å². The molecule has 0 radical (unpaired) electrons. The van der Waals surface area contributed by atoms with E-state index >= 15 is 0 Å². The molecule has 0 amide bonds. The van der Waals surface area contributed by atoms with Crippen molar-refractivity contribution in [3.05, 3.63) is 60.8 Å². The Labute approximate surface area is 447 Å². The molecular formula is C66H118O6. The van der Waals surface area contributed by atoms with Gasteiger partial charge in [0.15, 0.2) is 6.10 Å². The summed E-state index contributed by atoms with van der Waals surface area (Å²) in [7, 11) is 0. The summed E-state index contributed by atoms with van der Waals surface area (Å²) in [4.78, 5) is 38.0. The smallest absolute Gasteiger partial charge is 0.306 e. The number of hydrogen-bond acceptors (Lipinski definition) is 6. The summed E-state index contributed by atoms with van der Waals surface area (Å²) in [5, 5.41) is 0. The minimum atomic E-state index is -0.788. The van der Waals surface area contributed by atoms with E-state index in [1.807, 2.05) is 0 Å². The predicted octanol–water partition coefficient (Wildman–Crippen LogP) is 21.2. The van der Waals surface area contributed by atoms with Crippen LogP contribution in [0.3, 0.4) is 0 Å². The van der Waals surface area contributed by atoms with E-state index in [0.717, 1.165) is 96.3 Å². The molecule has 0 spiro atoms. The molecule has 0 aliphatic rings. The largest absolute Gasteiger partial charge is 0.462 e. The van der Waals surface area contributed by atoms with Crippen LogP contribution in [0.2, 0.25) is 0 Å². The molecule has 0 heterocycles. The molecule has 0 N–H and O–H groups in total. The highest BCUT2D eigenvalue weighted by Crippen LogP contribution is 2.17. The quantitative estimate of drug-likeness (QED) is 0.0261. The van der Waals surface area contributed by atoms with E-state index in [9.17, 15) is 14.4 Å². The zero-order valence-electron chi connectivity index (χ0n) is 47.9. The average molecular weight is 1010 g/mol. The molecular weight excluding hydrogens is 889 g/mol. The van der Waals surface area contributed by atoms with E-state index in [4.69, 9.17) is 14.2 Å².